The zero-order chi connectivity index (χ0) is 25.5. The van der Waals surface area contributed by atoms with Gasteiger partial charge in [-0.05, 0) is 31.9 Å². The number of ether oxygens (including phenoxy) is 1. The molecule has 0 bridgehead atoms. The Labute approximate surface area is 209 Å². The number of hydrogen-bond donors (Lipinski definition) is 2. The summed E-state index contributed by atoms with van der Waals surface area (Å²) in [7, 11) is 0. The second-order valence-corrected chi connectivity index (χ2v) is 10.7. The molecule has 3 saturated heterocycles. The third-order valence-electron chi connectivity index (χ3n) is 7.61. The van der Waals surface area contributed by atoms with Crippen molar-refractivity contribution in [3.8, 4) is 0 Å². The lowest BCUT2D eigenvalue weighted by Gasteiger charge is -2.55. The number of benzene rings is 1. The standard InChI is InChI=1S/C23H24FN5O6S/c1-4-12-8-36-22(33)29(12)18-13-5-11-6-23(19(30)25-21(32)26-20(23)31)17-10(3)34-9(2)7-28(17)15(11)14(24)16(13)35-27-18/h5,9-10,12,17H,4,6-8H2,1-3H3,(H2,25,26,30,31,32)/t9-,10+,12+,17-/m1/s1. The molecular formula is C23H24FN5O6S. The Morgan fingerprint density at radius 3 is 2.64 bits per heavy atom. The molecule has 0 unspecified atom stereocenters. The van der Waals surface area contributed by atoms with Crippen LogP contribution in [0.25, 0.3) is 11.0 Å². The van der Waals surface area contributed by atoms with Gasteiger partial charge in [-0.3, -0.25) is 29.9 Å². The molecule has 36 heavy (non-hydrogen) atoms. The van der Waals surface area contributed by atoms with Crippen LogP contribution in [0.3, 0.4) is 0 Å². The average Bonchev–Trinajstić information content (AvgIpc) is 3.39. The number of anilines is 2. The molecule has 4 aliphatic heterocycles. The molecule has 0 saturated carbocycles. The molecule has 4 atom stereocenters. The van der Waals surface area contributed by atoms with Gasteiger partial charge in [0.2, 0.25) is 17.4 Å². The Balaban J connectivity index is 1.57. The first-order chi connectivity index (χ1) is 17.2. The van der Waals surface area contributed by atoms with Crippen molar-refractivity contribution in [2.24, 2.45) is 5.41 Å². The second kappa shape index (κ2) is 7.90. The molecular weight excluding hydrogens is 493 g/mol. The van der Waals surface area contributed by atoms with E-state index in [0.717, 1.165) is 11.8 Å². The van der Waals surface area contributed by atoms with Gasteiger partial charge < -0.3 is 14.2 Å². The van der Waals surface area contributed by atoms with Gasteiger partial charge in [-0.2, -0.15) is 0 Å². The molecule has 190 valence electrons. The van der Waals surface area contributed by atoms with E-state index in [2.05, 4.69) is 15.8 Å². The van der Waals surface area contributed by atoms with Crippen LogP contribution in [0.2, 0.25) is 0 Å². The smallest absolute Gasteiger partial charge is 0.328 e. The zero-order valence-corrected chi connectivity index (χ0v) is 20.6. The SMILES string of the molecule is CC[C@H]1CSC(=O)N1c1noc2c(F)c3c(cc12)CC1(C(=O)NC(=O)NC1=O)[C@H]1[C@H](C)O[C@H](C)CN31. The lowest BCUT2D eigenvalue weighted by molar-refractivity contribution is -0.153. The fraction of sp³-hybridized carbons (Fsp3) is 0.522. The maximum Gasteiger partial charge on any atom is 0.328 e. The fourth-order valence-electron chi connectivity index (χ4n) is 6.13. The van der Waals surface area contributed by atoms with Crippen LogP contribution in [0.5, 0.6) is 0 Å². The van der Waals surface area contributed by atoms with Crippen molar-refractivity contribution in [3.05, 3.63) is 17.4 Å². The summed E-state index contributed by atoms with van der Waals surface area (Å²) in [6, 6.07) is -0.246. The molecule has 1 aromatic heterocycles. The predicted octanol–water partition coefficient (Wildman–Crippen LogP) is 2.31. The monoisotopic (exact) mass is 517 g/mol. The van der Waals surface area contributed by atoms with E-state index in [-0.39, 0.29) is 52.8 Å². The number of halogens is 1. The molecule has 1 spiro atoms. The van der Waals surface area contributed by atoms with Crippen LogP contribution in [0.15, 0.2) is 10.6 Å². The molecule has 11 nitrogen and oxygen atoms in total. The number of thioether (sulfide) groups is 1. The number of carbonyl (C=O) groups excluding carboxylic acids is 4. The molecule has 4 aliphatic rings. The van der Waals surface area contributed by atoms with E-state index in [1.54, 1.807) is 17.9 Å². The largest absolute Gasteiger partial charge is 0.372 e. The molecule has 0 radical (unpaired) electrons. The van der Waals surface area contributed by atoms with Gasteiger partial charge in [-0.15, -0.1) is 0 Å². The van der Waals surface area contributed by atoms with E-state index in [0.29, 0.717) is 17.7 Å². The van der Waals surface area contributed by atoms with Crippen LogP contribution in [0.4, 0.5) is 25.5 Å². The van der Waals surface area contributed by atoms with Crippen molar-refractivity contribution in [3.63, 3.8) is 0 Å². The van der Waals surface area contributed by atoms with E-state index < -0.39 is 41.2 Å². The van der Waals surface area contributed by atoms with Gasteiger partial charge in [0, 0.05) is 24.8 Å². The van der Waals surface area contributed by atoms with Crippen LogP contribution in [-0.2, 0) is 20.7 Å². The molecule has 6 rings (SSSR count). The van der Waals surface area contributed by atoms with Crippen molar-refractivity contribution in [1.82, 2.24) is 15.8 Å². The van der Waals surface area contributed by atoms with E-state index in [4.69, 9.17) is 9.26 Å². The van der Waals surface area contributed by atoms with Crippen LogP contribution in [0, 0.1) is 11.2 Å². The minimum Gasteiger partial charge on any atom is -0.372 e. The van der Waals surface area contributed by atoms with E-state index in [1.165, 1.54) is 4.90 Å². The molecule has 2 N–H and O–H groups in total. The van der Waals surface area contributed by atoms with Crippen molar-refractivity contribution in [1.29, 1.82) is 0 Å². The van der Waals surface area contributed by atoms with Crippen molar-refractivity contribution < 1.29 is 32.8 Å². The number of imide groups is 2. The first-order valence-electron chi connectivity index (χ1n) is 11.8. The molecule has 2 aromatic rings. The molecule has 3 fully saturated rings. The number of hydrogen-bond acceptors (Lipinski definition) is 9. The number of amides is 5. The van der Waals surface area contributed by atoms with Gasteiger partial charge in [0.15, 0.2) is 17.1 Å². The Kier molecular flexibility index (Phi) is 5.10. The van der Waals surface area contributed by atoms with E-state index in [1.807, 2.05) is 13.8 Å². The summed E-state index contributed by atoms with van der Waals surface area (Å²) in [5.41, 5.74) is -1.25. The van der Waals surface area contributed by atoms with Gasteiger partial charge >= 0.3 is 6.03 Å². The summed E-state index contributed by atoms with van der Waals surface area (Å²) < 4.78 is 27.6. The highest BCUT2D eigenvalue weighted by atomic mass is 32.2. The van der Waals surface area contributed by atoms with Crippen LogP contribution in [-0.4, -0.2) is 64.8 Å². The van der Waals surface area contributed by atoms with Crippen LogP contribution in [0.1, 0.15) is 32.8 Å². The number of fused-ring (bicyclic) bond motifs is 5. The fourth-order valence-corrected chi connectivity index (χ4v) is 7.22. The summed E-state index contributed by atoms with van der Waals surface area (Å²) in [4.78, 5) is 54.4. The minimum atomic E-state index is -1.73. The Morgan fingerprint density at radius 2 is 1.94 bits per heavy atom. The summed E-state index contributed by atoms with van der Waals surface area (Å²) in [6.07, 6.45) is -0.436. The minimum absolute atomic E-state index is 0.0995. The summed E-state index contributed by atoms with van der Waals surface area (Å²) in [5.74, 6) is -1.40. The topological polar surface area (TPSA) is 134 Å². The summed E-state index contributed by atoms with van der Waals surface area (Å²) >= 11 is 1.16. The number of aromatic nitrogens is 1. The quantitative estimate of drug-likeness (QED) is 0.576. The van der Waals surface area contributed by atoms with Gasteiger partial charge in [0.05, 0.1) is 29.3 Å². The Morgan fingerprint density at radius 1 is 1.22 bits per heavy atom. The molecule has 1 aromatic carbocycles. The summed E-state index contributed by atoms with van der Waals surface area (Å²) in [6.45, 7) is 5.71. The Hall–Kier alpha value is -3.19. The summed E-state index contributed by atoms with van der Waals surface area (Å²) in [5, 5.41) is 8.58. The maximum absolute atomic E-state index is 16.2. The normalized spacial score (nSPS) is 29.4. The number of rotatable bonds is 2. The highest BCUT2D eigenvalue weighted by molar-refractivity contribution is 8.14. The number of barbiturate groups is 1. The lowest BCUT2D eigenvalue weighted by atomic mass is 9.66. The van der Waals surface area contributed by atoms with Crippen molar-refractivity contribution in [2.75, 3.05) is 22.1 Å². The van der Waals surface area contributed by atoms with E-state index in [9.17, 15) is 19.2 Å². The number of nitrogens with one attached hydrogen (secondary N) is 2. The predicted molar refractivity (Wildman–Crippen MR) is 127 cm³/mol. The number of nitrogens with zero attached hydrogens (tertiary/aromatic N) is 3. The third kappa shape index (κ3) is 2.98. The Bertz CT molecular complexity index is 1330. The van der Waals surface area contributed by atoms with Crippen molar-refractivity contribution >= 4 is 57.3 Å². The number of morpholine rings is 1. The second-order valence-electron chi connectivity index (χ2n) is 9.72. The van der Waals surface area contributed by atoms with Crippen LogP contribution < -0.4 is 20.4 Å². The number of urea groups is 1. The molecule has 13 heteroatoms. The third-order valence-corrected chi connectivity index (χ3v) is 8.60. The maximum atomic E-state index is 16.2. The molecule has 0 aliphatic carbocycles. The number of carbonyl (C=O) groups is 4. The first kappa shape index (κ1) is 23.2. The lowest BCUT2D eigenvalue weighted by Crippen LogP contribution is -2.75. The van der Waals surface area contributed by atoms with Gasteiger partial charge in [0.25, 0.3) is 5.24 Å². The zero-order valence-electron chi connectivity index (χ0n) is 19.8. The average molecular weight is 518 g/mol. The van der Waals surface area contributed by atoms with Gasteiger partial charge in [0.1, 0.15) is 0 Å². The highest BCUT2D eigenvalue weighted by Gasteiger charge is 2.63. The first-order valence-corrected chi connectivity index (χ1v) is 12.8. The van der Waals surface area contributed by atoms with Crippen LogP contribution >= 0.6 is 11.8 Å². The van der Waals surface area contributed by atoms with Gasteiger partial charge in [-0.25, -0.2) is 9.18 Å². The molecule has 5 amide bonds. The highest BCUT2D eigenvalue weighted by Crippen LogP contribution is 2.50. The molecule has 5 heterocycles. The van der Waals surface area contributed by atoms with Gasteiger partial charge in [-0.1, -0.05) is 23.8 Å². The van der Waals surface area contributed by atoms with Crippen molar-refractivity contribution in [2.45, 2.75) is 57.9 Å². The van der Waals surface area contributed by atoms with E-state index >= 15 is 4.39 Å².